The minimum absolute atomic E-state index is 0.0527. The Balaban J connectivity index is 3.08. The molecule has 1 aromatic carbocycles. The van der Waals surface area contributed by atoms with Crippen LogP contribution in [0.4, 0.5) is 8.78 Å². The first-order chi connectivity index (χ1) is 8.99. The quantitative estimate of drug-likeness (QED) is 0.876. The number of carbonyl (C=O) groups is 1. The molecule has 0 aliphatic rings. The molecule has 106 valence electrons. The van der Waals surface area contributed by atoms with Crippen molar-refractivity contribution >= 4 is 17.5 Å². The summed E-state index contributed by atoms with van der Waals surface area (Å²) in [5.41, 5.74) is -0.0527. The summed E-state index contributed by atoms with van der Waals surface area (Å²) in [5, 5.41) is 9.10. The number of amides is 1. The Morgan fingerprint density at radius 1 is 1.53 bits per heavy atom. The minimum atomic E-state index is -3.03. The van der Waals surface area contributed by atoms with E-state index in [1.165, 1.54) is 23.1 Å². The van der Waals surface area contributed by atoms with Crippen molar-refractivity contribution in [1.82, 2.24) is 4.90 Å². The lowest BCUT2D eigenvalue weighted by Crippen LogP contribution is -2.33. The van der Waals surface area contributed by atoms with Crippen molar-refractivity contribution < 1.29 is 23.4 Å². The molecule has 0 spiro atoms. The van der Waals surface area contributed by atoms with Crippen molar-refractivity contribution in [2.45, 2.75) is 13.5 Å². The SMILES string of the molecule is CCN(CCO)C(=O)c1cc(Cl)ccc1OC(F)F. The Morgan fingerprint density at radius 3 is 2.74 bits per heavy atom. The number of halogens is 3. The third-order valence-electron chi connectivity index (χ3n) is 2.43. The molecule has 0 unspecified atom stereocenters. The van der Waals surface area contributed by atoms with Crippen molar-refractivity contribution in [1.29, 1.82) is 0 Å². The molecule has 1 aromatic rings. The molecule has 0 atom stereocenters. The molecular weight excluding hydrogens is 280 g/mol. The standard InChI is InChI=1S/C12H14ClF2NO3/c1-2-16(5-6-17)11(18)9-7-8(13)3-4-10(9)19-12(14)15/h3-4,7,12,17H,2,5-6H2,1H3. The molecule has 0 bridgehead atoms. The molecule has 0 aliphatic heterocycles. The minimum Gasteiger partial charge on any atom is -0.434 e. The summed E-state index contributed by atoms with van der Waals surface area (Å²) in [6.07, 6.45) is 0. The van der Waals surface area contributed by atoms with E-state index in [1.54, 1.807) is 6.92 Å². The van der Waals surface area contributed by atoms with Crippen LogP contribution in [0.1, 0.15) is 17.3 Å². The number of likely N-dealkylation sites (N-methyl/N-ethyl adjacent to an activating group) is 1. The van der Waals surface area contributed by atoms with Gasteiger partial charge >= 0.3 is 6.61 Å². The lowest BCUT2D eigenvalue weighted by Gasteiger charge is -2.21. The summed E-state index contributed by atoms with van der Waals surface area (Å²) >= 11 is 5.76. The maximum absolute atomic E-state index is 12.3. The first-order valence-electron chi connectivity index (χ1n) is 5.64. The van der Waals surface area contributed by atoms with Gasteiger partial charge in [-0.2, -0.15) is 8.78 Å². The van der Waals surface area contributed by atoms with Gasteiger partial charge in [-0.1, -0.05) is 11.6 Å². The number of aliphatic hydroxyl groups is 1. The van der Waals surface area contributed by atoms with Crippen LogP contribution in [0.5, 0.6) is 5.75 Å². The highest BCUT2D eigenvalue weighted by molar-refractivity contribution is 6.31. The molecule has 0 aliphatic carbocycles. The van der Waals surface area contributed by atoms with E-state index in [0.717, 1.165) is 0 Å². The molecule has 0 radical (unpaired) electrons. The molecule has 7 heteroatoms. The maximum atomic E-state index is 12.3. The van der Waals surface area contributed by atoms with Crippen LogP contribution >= 0.6 is 11.6 Å². The number of ether oxygens (including phenoxy) is 1. The van der Waals surface area contributed by atoms with Crippen LogP contribution in [0, 0.1) is 0 Å². The van der Waals surface area contributed by atoms with Crippen LogP contribution in [-0.2, 0) is 0 Å². The van der Waals surface area contributed by atoms with Crippen molar-refractivity contribution in [3.63, 3.8) is 0 Å². The van der Waals surface area contributed by atoms with Crippen LogP contribution in [0.15, 0.2) is 18.2 Å². The fourth-order valence-corrected chi connectivity index (χ4v) is 1.73. The van der Waals surface area contributed by atoms with E-state index in [0.29, 0.717) is 6.54 Å². The zero-order valence-electron chi connectivity index (χ0n) is 10.3. The second-order valence-corrected chi connectivity index (χ2v) is 4.06. The Bertz CT molecular complexity index is 443. The Labute approximate surface area is 114 Å². The second-order valence-electron chi connectivity index (χ2n) is 3.63. The Hall–Kier alpha value is -1.40. The number of hydrogen-bond donors (Lipinski definition) is 1. The zero-order valence-corrected chi connectivity index (χ0v) is 11.0. The average Bonchev–Trinajstić information content (AvgIpc) is 2.36. The van der Waals surface area contributed by atoms with Crippen molar-refractivity contribution in [2.75, 3.05) is 19.7 Å². The van der Waals surface area contributed by atoms with Crippen LogP contribution in [0.25, 0.3) is 0 Å². The van der Waals surface area contributed by atoms with Gasteiger partial charge in [0.2, 0.25) is 0 Å². The molecule has 4 nitrogen and oxygen atoms in total. The number of carbonyl (C=O) groups excluding carboxylic acids is 1. The van der Waals surface area contributed by atoms with E-state index in [-0.39, 0.29) is 29.5 Å². The highest BCUT2D eigenvalue weighted by Gasteiger charge is 2.20. The van der Waals surface area contributed by atoms with Crippen LogP contribution < -0.4 is 4.74 Å². The van der Waals surface area contributed by atoms with Gasteiger partial charge in [-0.05, 0) is 25.1 Å². The van der Waals surface area contributed by atoms with Crippen LogP contribution in [0.2, 0.25) is 5.02 Å². The topological polar surface area (TPSA) is 49.8 Å². The number of rotatable bonds is 6. The second kappa shape index (κ2) is 7.25. The number of hydrogen-bond acceptors (Lipinski definition) is 3. The molecule has 1 rings (SSSR count). The number of alkyl halides is 2. The van der Waals surface area contributed by atoms with Gasteiger partial charge in [0.1, 0.15) is 5.75 Å². The highest BCUT2D eigenvalue weighted by atomic mass is 35.5. The lowest BCUT2D eigenvalue weighted by molar-refractivity contribution is -0.0502. The van der Waals surface area contributed by atoms with Crippen molar-refractivity contribution in [3.8, 4) is 5.75 Å². The molecule has 0 heterocycles. The monoisotopic (exact) mass is 293 g/mol. The number of benzene rings is 1. The predicted octanol–water partition coefficient (Wildman–Crippen LogP) is 2.40. The van der Waals surface area contributed by atoms with E-state index < -0.39 is 12.5 Å². The first kappa shape index (κ1) is 15.7. The van der Waals surface area contributed by atoms with E-state index >= 15 is 0 Å². The number of nitrogens with zero attached hydrogens (tertiary/aromatic N) is 1. The normalized spacial score (nSPS) is 10.6. The highest BCUT2D eigenvalue weighted by Crippen LogP contribution is 2.25. The van der Waals surface area contributed by atoms with Crippen LogP contribution in [0.3, 0.4) is 0 Å². The Morgan fingerprint density at radius 2 is 2.21 bits per heavy atom. The number of aliphatic hydroxyl groups excluding tert-OH is 1. The van der Waals surface area contributed by atoms with Crippen LogP contribution in [-0.4, -0.2) is 42.2 Å². The first-order valence-corrected chi connectivity index (χ1v) is 6.01. The largest absolute Gasteiger partial charge is 0.434 e. The summed E-state index contributed by atoms with van der Waals surface area (Å²) in [6.45, 7) is -1.09. The fourth-order valence-electron chi connectivity index (χ4n) is 1.56. The van der Waals surface area contributed by atoms with Gasteiger partial charge in [-0.25, -0.2) is 0 Å². The van der Waals surface area contributed by atoms with Gasteiger partial charge in [0, 0.05) is 18.1 Å². The Kier molecular flexibility index (Phi) is 5.98. The average molecular weight is 294 g/mol. The van der Waals surface area contributed by atoms with Crippen molar-refractivity contribution in [2.24, 2.45) is 0 Å². The molecule has 19 heavy (non-hydrogen) atoms. The summed E-state index contributed by atoms with van der Waals surface area (Å²) in [5.74, 6) is -0.754. The molecule has 0 fully saturated rings. The molecule has 1 N–H and O–H groups in total. The zero-order chi connectivity index (χ0) is 14.4. The van der Waals surface area contributed by atoms with Gasteiger partial charge in [-0.3, -0.25) is 4.79 Å². The summed E-state index contributed by atoms with van der Waals surface area (Å²) in [7, 11) is 0. The third kappa shape index (κ3) is 4.33. The molecular formula is C12H14ClF2NO3. The van der Waals surface area contributed by atoms with Gasteiger partial charge in [0.25, 0.3) is 5.91 Å². The fraction of sp³-hybridized carbons (Fsp3) is 0.417. The molecule has 1 amide bonds. The summed E-state index contributed by atoms with van der Waals surface area (Å²) in [6, 6.07) is 3.84. The smallest absolute Gasteiger partial charge is 0.387 e. The van der Waals surface area contributed by atoms with E-state index in [1.807, 2.05) is 0 Å². The van der Waals surface area contributed by atoms with Gasteiger partial charge in [0.05, 0.1) is 12.2 Å². The lowest BCUT2D eigenvalue weighted by atomic mass is 10.1. The van der Waals surface area contributed by atoms with Gasteiger partial charge in [0.15, 0.2) is 0 Å². The van der Waals surface area contributed by atoms with E-state index in [2.05, 4.69) is 4.74 Å². The summed E-state index contributed by atoms with van der Waals surface area (Å²) in [4.78, 5) is 13.5. The van der Waals surface area contributed by atoms with Gasteiger partial charge < -0.3 is 14.7 Å². The maximum Gasteiger partial charge on any atom is 0.387 e. The molecule has 0 saturated heterocycles. The van der Waals surface area contributed by atoms with Gasteiger partial charge in [-0.15, -0.1) is 0 Å². The van der Waals surface area contributed by atoms with Crippen molar-refractivity contribution in [3.05, 3.63) is 28.8 Å². The molecule has 0 saturated carbocycles. The predicted molar refractivity (Wildman–Crippen MR) is 66.7 cm³/mol. The summed E-state index contributed by atoms with van der Waals surface area (Å²) < 4.78 is 28.8. The van der Waals surface area contributed by atoms with E-state index in [9.17, 15) is 13.6 Å². The van der Waals surface area contributed by atoms with E-state index in [4.69, 9.17) is 16.7 Å². The third-order valence-corrected chi connectivity index (χ3v) is 2.66. The molecule has 0 aromatic heterocycles.